The monoisotopic (exact) mass is 838 g/mol. The van der Waals surface area contributed by atoms with E-state index in [-0.39, 0.29) is 55.9 Å². The van der Waals surface area contributed by atoms with E-state index < -0.39 is 46.2 Å². The Morgan fingerprint density at radius 3 is 1.52 bits per heavy atom. The summed E-state index contributed by atoms with van der Waals surface area (Å²) in [5, 5.41) is 9.63. The van der Waals surface area contributed by atoms with Gasteiger partial charge in [-0.15, -0.1) is 0 Å². The average Bonchev–Trinajstić information content (AvgIpc) is 3.17. The molecule has 2 aromatic heterocycles. The van der Waals surface area contributed by atoms with Crippen molar-refractivity contribution >= 4 is 29.2 Å². The van der Waals surface area contributed by atoms with Crippen LogP contribution in [-0.4, -0.2) is 42.6 Å². The quantitative estimate of drug-likeness (QED) is 0.159. The van der Waals surface area contributed by atoms with Crippen LogP contribution in [0.2, 0.25) is 10.0 Å². The van der Waals surface area contributed by atoms with Gasteiger partial charge in [-0.05, 0) is 57.2 Å². The third-order valence-corrected chi connectivity index (χ3v) is 9.19. The van der Waals surface area contributed by atoms with Crippen molar-refractivity contribution in [2.45, 2.75) is 26.9 Å². The first kappa shape index (κ1) is 42.5. The van der Waals surface area contributed by atoms with Gasteiger partial charge >= 0.3 is 17.3 Å². The number of ether oxygens (including phenoxy) is 4. The van der Waals surface area contributed by atoms with Gasteiger partial charge in [0.25, 0.3) is 11.1 Å². The van der Waals surface area contributed by atoms with E-state index in [2.05, 4.69) is 4.74 Å². The maximum absolute atomic E-state index is 14.7. The van der Waals surface area contributed by atoms with Crippen LogP contribution in [0.25, 0.3) is 11.4 Å². The zero-order chi connectivity index (χ0) is 42.6. The highest BCUT2D eigenvalue weighted by atomic mass is 35.5. The number of halogens is 4. The summed E-state index contributed by atoms with van der Waals surface area (Å²) >= 11 is 12.2. The second-order valence-corrected chi connectivity index (χ2v) is 13.3. The Bertz CT molecular complexity index is 2800. The molecule has 1 atom stereocenters. The summed E-state index contributed by atoms with van der Waals surface area (Å²) < 4.78 is 54.5. The number of benzene rings is 4. The Kier molecular flexibility index (Phi) is 12.9. The molecule has 0 radical (unpaired) electrons. The van der Waals surface area contributed by atoms with Crippen LogP contribution in [0.15, 0.2) is 104 Å². The summed E-state index contributed by atoms with van der Waals surface area (Å²) in [6, 6.07) is 19.2. The van der Waals surface area contributed by atoms with Gasteiger partial charge < -0.3 is 33.2 Å². The predicted molar refractivity (Wildman–Crippen MR) is 211 cm³/mol. The van der Waals surface area contributed by atoms with Gasteiger partial charge in [0.2, 0.25) is 0 Å². The van der Waals surface area contributed by atoms with Gasteiger partial charge in [0.1, 0.15) is 23.1 Å². The second kappa shape index (κ2) is 17.7. The maximum atomic E-state index is 14.7. The van der Waals surface area contributed by atoms with E-state index in [1.54, 1.807) is 50.2 Å². The fourth-order valence-corrected chi connectivity index (χ4v) is 5.64. The standard InChI is InChI=1S/C22H20ClFN2O6.C18H14ClFN2O4/c1-12-9-20(27)26(22(29)25(12)3)16-11-19(14(23)10-15(16)24)32-18-8-6-5-7-17(18)31-13(2)21(28)30-4;1-10-7-17(24)22(18(25)21(10)2)13-9-16(11(19)8-12(13)20)26-15-6-4-3-5-14(15)23/h5-11,13H,1-4H3;3-9,23H,1-2H3. The number of rotatable bonds is 9. The Hall–Kier alpha value is -6.65. The lowest BCUT2D eigenvalue weighted by atomic mass is 10.2. The fourth-order valence-electron chi connectivity index (χ4n) is 5.27. The van der Waals surface area contributed by atoms with Crippen molar-refractivity contribution in [2.75, 3.05) is 7.11 Å². The minimum atomic E-state index is -0.918. The molecule has 6 rings (SSSR count). The number of methoxy groups -OCH3 is 1. The average molecular weight is 840 g/mol. The molecule has 0 fully saturated rings. The van der Waals surface area contributed by atoms with Crippen LogP contribution in [0, 0.1) is 25.5 Å². The summed E-state index contributed by atoms with van der Waals surface area (Å²) in [6.07, 6.45) is -0.918. The molecule has 0 saturated carbocycles. The highest BCUT2D eigenvalue weighted by Crippen LogP contribution is 2.38. The molecule has 6 aromatic rings. The number of nitrogens with zero attached hydrogens (tertiary/aromatic N) is 4. The zero-order valence-electron chi connectivity index (χ0n) is 31.6. The SMILES string of the molecule is COC(=O)C(C)Oc1ccccc1Oc1cc(-n2c(=O)cc(C)n(C)c2=O)c(F)cc1Cl.Cc1cc(=O)n(-c2cc(Oc3ccccc3O)c(Cl)cc2F)c(=O)n1C. The number of aromatic hydroxyl groups is 1. The maximum Gasteiger partial charge on any atom is 0.346 e. The molecule has 2 heterocycles. The number of para-hydroxylation sites is 4. The normalized spacial score (nSPS) is 11.3. The van der Waals surface area contributed by atoms with E-state index in [1.807, 2.05) is 0 Å². The number of hydrogen-bond donors (Lipinski definition) is 1. The van der Waals surface area contributed by atoms with E-state index in [9.17, 15) is 37.9 Å². The number of carbonyl (C=O) groups is 1. The first-order chi connectivity index (χ1) is 27.4. The van der Waals surface area contributed by atoms with Crippen LogP contribution >= 0.6 is 23.2 Å². The van der Waals surface area contributed by atoms with Crippen molar-refractivity contribution in [2.24, 2.45) is 14.1 Å². The van der Waals surface area contributed by atoms with Crippen molar-refractivity contribution in [1.29, 1.82) is 0 Å². The lowest BCUT2D eigenvalue weighted by Gasteiger charge is -2.17. The molecule has 0 aliphatic carbocycles. The Morgan fingerprint density at radius 2 is 1.07 bits per heavy atom. The van der Waals surface area contributed by atoms with E-state index in [0.29, 0.717) is 20.5 Å². The molecule has 14 nitrogen and oxygen atoms in total. The summed E-state index contributed by atoms with van der Waals surface area (Å²) in [6.45, 7) is 4.69. The summed E-state index contributed by atoms with van der Waals surface area (Å²) in [5.41, 5.74) is -2.57. The minimum Gasteiger partial charge on any atom is -0.504 e. The van der Waals surface area contributed by atoms with Gasteiger partial charge in [0.05, 0.1) is 28.5 Å². The van der Waals surface area contributed by atoms with Crippen LogP contribution < -0.4 is 36.7 Å². The number of aryl methyl sites for hydroxylation is 2. The van der Waals surface area contributed by atoms with Crippen LogP contribution in [-0.2, 0) is 23.6 Å². The van der Waals surface area contributed by atoms with Crippen LogP contribution in [0.5, 0.6) is 34.5 Å². The van der Waals surface area contributed by atoms with Crippen molar-refractivity contribution in [3.63, 3.8) is 0 Å². The zero-order valence-corrected chi connectivity index (χ0v) is 33.1. The van der Waals surface area contributed by atoms with Gasteiger partial charge in [-0.3, -0.25) is 9.59 Å². The molecular formula is C40H34Cl2F2N4O10. The molecule has 0 saturated heterocycles. The van der Waals surface area contributed by atoms with Gasteiger partial charge in [-0.2, -0.15) is 0 Å². The first-order valence-electron chi connectivity index (χ1n) is 17.0. The smallest absolute Gasteiger partial charge is 0.346 e. The van der Waals surface area contributed by atoms with Gasteiger partial charge in [0.15, 0.2) is 29.1 Å². The van der Waals surface area contributed by atoms with E-state index >= 15 is 0 Å². The number of carbonyl (C=O) groups excluding carboxylic acids is 1. The molecular weight excluding hydrogens is 805 g/mol. The van der Waals surface area contributed by atoms with Crippen molar-refractivity contribution in [3.8, 4) is 45.9 Å². The molecule has 18 heteroatoms. The van der Waals surface area contributed by atoms with E-state index in [0.717, 1.165) is 24.3 Å². The molecule has 1 unspecified atom stereocenters. The highest BCUT2D eigenvalue weighted by Gasteiger charge is 2.21. The second-order valence-electron chi connectivity index (χ2n) is 12.5. The van der Waals surface area contributed by atoms with Crippen molar-refractivity contribution in [1.82, 2.24) is 18.3 Å². The van der Waals surface area contributed by atoms with Crippen molar-refractivity contribution in [3.05, 3.63) is 160 Å². The summed E-state index contributed by atoms with van der Waals surface area (Å²) in [5.74, 6) is -2.04. The number of esters is 1. The lowest BCUT2D eigenvalue weighted by molar-refractivity contribution is -0.147. The number of hydrogen-bond acceptors (Lipinski definition) is 10. The van der Waals surface area contributed by atoms with Crippen LogP contribution in [0.1, 0.15) is 18.3 Å². The molecule has 302 valence electrons. The highest BCUT2D eigenvalue weighted by molar-refractivity contribution is 6.32. The van der Waals surface area contributed by atoms with Crippen LogP contribution in [0.4, 0.5) is 8.78 Å². The molecule has 0 spiro atoms. The Morgan fingerprint density at radius 1 is 0.655 bits per heavy atom. The molecule has 0 amide bonds. The topological polar surface area (TPSA) is 162 Å². The number of aromatic nitrogens is 4. The molecule has 4 aromatic carbocycles. The molecule has 0 aliphatic heterocycles. The summed E-state index contributed by atoms with van der Waals surface area (Å²) in [7, 11) is 4.18. The largest absolute Gasteiger partial charge is 0.504 e. The third-order valence-electron chi connectivity index (χ3n) is 8.60. The Labute approximate surface area is 337 Å². The fraction of sp³-hybridized carbons (Fsp3) is 0.175. The van der Waals surface area contributed by atoms with Gasteiger partial charge in [-0.25, -0.2) is 32.3 Å². The molecule has 58 heavy (non-hydrogen) atoms. The van der Waals surface area contributed by atoms with Crippen molar-refractivity contribution < 1.29 is 37.6 Å². The first-order valence-corrected chi connectivity index (χ1v) is 17.7. The predicted octanol–water partition coefficient (Wildman–Crippen LogP) is 6.50. The van der Waals surface area contributed by atoms with Crippen LogP contribution in [0.3, 0.4) is 0 Å². The number of phenolic OH excluding ortho intramolecular Hbond substituents is 1. The third kappa shape index (κ3) is 8.98. The molecule has 1 N–H and O–H groups in total. The summed E-state index contributed by atoms with van der Waals surface area (Å²) in [4.78, 5) is 61.4. The molecule has 0 bridgehead atoms. The molecule has 0 aliphatic rings. The van der Waals surface area contributed by atoms with Gasteiger partial charge in [-0.1, -0.05) is 47.5 Å². The Balaban J connectivity index is 0.000000226. The van der Waals surface area contributed by atoms with E-state index in [1.165, 1.54) is 61.5 Å². The lowest BCUT2D eigenvalue weighted by Crippen LogP contribution is -2.38. The number of phenols is 1. The van der Waals surface area contributed by atoms with E-state index in [4.69, 9.17) is 37.4 Å². The minimum absolute atomic E-state index is 0.0147. The van der Waals surface area contributed by atoms with Gasteiger partial charge in [0, 0.05) is 49.7 Å².